The molecule has 0 aromatic rings. The largest absolute Gasteiger partial charge is 0.151 e. The Morgan fingerprint density at radius 2 is 1.89 bits per heavy atom. The van der Waals surface area contributed by atoms with Gasteiger partial charge in [0.15, 0.2) is 0 Å². The Morgan fingerprint density at radius 3 is 2.64 bits per heavy atom. The van der Waals surface area contributed by atoms with Crippen LogP contribution in [-0.4, -0.2) is 6.04 Å². The highest BCUT2D eigenvalue weighted by Crippen LogP contribution is 2.66. The standard InChI is InChI=1S/C26H43NO/c1-18(2)7-5-6-8-19-10-12-23-22-11-9-20-17-21(27-28)13-15-26(20,4)24(22)14-16-25(19,23)3/h9,18-19,21-24H,5-8,10-17H2,1-4H3. The van der Waals surface area contributed by atoms with Crippen molar-refractivity contribution in [3.8, 4) is 0 Å². The van der Waals surface area contributed by atoms with Crippen molar-refractivity contribution in [2.45, 2.75) is 111 Å². The lowest BCUT2D eigenvalue weighted by atomic mass is 9.47. The highest BCUT2D eigenvalue weighted by molar-refractivity contribution is 5.25. The van der Waals surface area contributed by atoms with E-state index in [0.717, 1.165) is 42.4 Å². The second-order valence-corrected chi connectivity index (χ2v) is 11.8. The van der Waals surface area contributed by atoms with E-state index in [1.54, 1.807) is 5.57 Å². The van der Waals surface area contributed by atoms with Crippen molar-refractivity contribution < 1.29 is 0 Å². The normalized spacial score (nSPS) is 45.2. The van der Waals surface area contributed by atoms with Crippen molar-refractivity contribution in [1.29, 1.82) is 0 Å². The quantitative estimate of drug-likeness (QED) is 0.259. The van der Waals surface area contributed by atoms with Crippen molar-refractivity contribution in [3.63, 3.8) is 0 Å². The monoisotopic (exact) mass is 385 g/mol. The molecule has 0 saturated heterocycles. The Balaban J connectivity index is 1.46. The van der Waals surface area contributed by atoms with Crippen LogP contribution in [0.15, 0.2) is 16.8 Å². The molecule has 0 radical (unpaired) electrons. The van der Waals surface area contributed by atoms with Crippen LogP contribution in [0.2, 0.25) is 0 Å². The molecule has 4 aliphatic rings. The molecule has 3 fully saturated rings. The van der Waals surface area contributed by atoms with Gasteiger partial charge in [-0.2, -0.15) is 4.91 Å². The van der Waals surface area contributed by atoms with Crippen molar-refractivity contribution in [1.82, 2.24) is 0 Å². The van der Waals surface area contributed by atoms with Crippen LogP contribution in [0.25, 0.3) is 0 Å². The summed E-state index contributed by atoms with van der Waals surface area (Å²) in [5, 5.41) is 3.40. The van der Waals surface area contributed by atoms with E-state index in [1.165, 1.54) is 64.2 Å². The lowest BCUT2D eigenvalue weighted by molar-refractivity contribution is -0.0434. The van der Waals surface area contributed by atoms with Crippen LogP contribution in [0, 0.1) is 45.3 Å². The van der Waals surface area contributed by atoms with Gasteiger partial charge in [0.1, 0.15) is 0 Å². The number of nitrogens with zero attached hydrogens (tertiary/aromatic N) is 1. The maximum Gasteiger partial charge on any atom is 0.0957 e. The number of unbranched alkanes of at least 4 members (excludes halogenated alkanes) is 1. The van der Waals surface area contributed by atoms with Crippen molar-refractivity contribution in [2.75, 3.05) is 0 Å². The number of rotatable bonds is 6. The molecule has 0 heterocycles. The lowest BCUT2D eigenvalue weighted by Gasteiger charge is -2.58. The summed E-state index contributed by atoms with van der Waals surface area (Å²) in [5.41, 5.74) is 2.56. The molecular formula is C26H43NO. The molecule has 28 heavy (non-hydrogen) atoms. The van der Waals surface area contributed by atoms with Crippen molar-refractivity contribution >= 4 is 0 Å². The topological polar surface area (TPSA) is 29.4 Å². The van der Waals surface area contributed by atoms with Gasteiger partial charge in [0.05, 0.1) is 6.04 Å². The average Bonchev–Trinajstić information content (AvgIpc) is 3.01. The molecule has 7 atom stereocenters. The summed E-state index contributed by atoms with van der Waals surface area (Å²) >= 11 is 0. The molecule has 158 valence electrons. The fourth-order valence-corrected chi connectivity index (χ4v) is 8.26. The summed E-state index contributed by atoms with van der Waals surface area (Å²) in [6.07, 6.45) is 18.6. The Kier molecular flexibility index (Phi) is 5.80. The Hall–Kier alpha value is -0.660. The molecule has 0 N–H and O–H groups in total. The number of nitroso groups, excluding NO2 is 1. The van der Waals surface area contributed by atoms with Gasteiger partial charge in [-0.1, -0.05) is 63.8 Å². The summed E-state index contributed by atoms with van der Waals surface area (Å²) in [4.78, 5) is 11.1. The van der Waals surface area contributed by atoms with Crippen LogP contribution in [0.5, 0.6) is 0 Å². The van der Waals surface area contributed by atoms with Gasteiger partial charge in [0.25, 0.3) is 0 Å². The first-order valence-electron chi connectivity index (χ1n) is 12.4. The van der Waals surface area contributed by atoms with Crippen LogP contribution in [-0.2, 0) is 0 Å². The molecule has 2 heteroatoms. The van der Waals surface area contributed by atoms with Gasteiger partial charge >= 0.3 is 0 Å². The molecule has 4 aliphatic carbocycles. The van der Waals surface area contributed by atoms with Gasteiger partial charge in [0.2, 0.25) is 0 Å². The number of hydrogen-bond donors (Lipinski definition) is 0. The van der Waals surface area contributed by atoms with Gasteiger partial charge in [-0.05, 0) is 98.2 Å². The number of fused-ring (bicyclic) bond motifs is 5. The van der Waals surface area contributed by atoms with Gasteiger partial charge in [0, 0.05) is 0 Å². The summed E-state index contributed by atoms with van der Waals surface area (Å²) in [6.45, 7) is 9.93. The van der Waals surface area contributed by atoms with E-state index < -0.39 is 0 Å². The van der Waals surface area contributed by atoms with Gasteiger partial charge in [-0.25, -0.2) is 0 Å². The maximum absolute atomic E-state index is 11.1. The number of hydrogen-bond acceptors (Lipinski definition) is 2. The molecule has 2 nitrogen and oxygen atoms in total. The zero-order chi connectivity index (χ0) is 19.9. The van der Waals surface area contributed by atoms with Gasteiger partial charge < -0.3 is 0 Å². The maximum atomic E-state index is 11.1. The fraction of sp³-hybridized carbons (Fsp3) is 0.923. The predicted octanol–water partition coefficient (Wildman–Crippen LogP) is 7.92. The van der Waals surface area contributed by atoms with E-state index >= 15 is 0 Å². The third-order valence-electron chi connectivity index (χ3n) is 10.0. The summed E-state index contributed by atoms with van der Waals surface area (Å²) in [6, 6.07) is 0.0476. The van der Waals surface area contributed by atoms with E-state index in [1.807, 2.05) is 0 Å². The fourth-order valence-electron chi connectivity index (χ4n) is 8.26. The molecule has 0 bridgehead atoms. The van der Waals surface area contributed by atoms with E-state index in [2.05, 4.69) is 38.9 Å². The Labute approximate surface area is 173 Å². The molecule has 4 rings (SSSR count). The zero-order valence-corrected chi connectivity index (χ0v) is 18.9. The third-order valence-corrected chi connectivity index (χ3v) is 10.0. The molecule has 3 saturated carbocycles. The molecular weight excluding hydrogens is 342 g/mol. The van der Waals surface area contributed by atoms with Crippen LogP contribution in [0.1, 0.15) is 105 Å². The molecule has 0 amide bonds. The zero-order valence-electron chi connectivity index (χ0n) is 18.9. The van der Waals surface area contributed by atoms with Crippen molar-refractivity contribution in [3.05, 3.63) is 16.6 Å². The number of allylic oxidation sites excluding steroid dienone is 1. The van der Waals surface area contributed by atoms with Crippen LogP contribution >= 0.6 is 0 Å². The Morgan fingerprint density at radius 1 is 1.07 bits per heavy atom. The molecule has 0 aromatic carbocycles. The molecule has 0 aromatic heterocycles. The molecule has 0 spiro atoms. The van der Waals surface area contributed by atoms with Crippen molar-refractivity contribution in [2.24, 2.45) is 45.6 Å². The van der Waals surface area contributed by atoms with Gasteiger partial charge in [-0.3, -0.25) is 0 Å². The van der Waals surface area contributed by atoms with E-state index in [-0.39, 0.29) is 6.04 Å². The summed E-state index contributed by atoms with van der Waals surface area (Å²) in [5.74, 6) is 4.53. The minimum absolute atomic E-state index is 0.0476. The summed E-state index contributed by atoms with van der Waals surface area (Å²) in [7, 11) is 0. The highest BCUT2D eigenvalue weighted by Gasteiger charge is 2.58. The molecule has 7 unspecified atom stereocenters. The predicted molar refractivity (Wildman–Crippen MR) is 118 cm³/mol. The van der Waals surface area contributed by atoms with Crippen LogP contribution < -0.4 is 0 Å². The lowest BCUT2D eigenvalue weighted by Crippen LogP contribution is -2.50. The van der Waals surface area contributed by atoms with E-state index in [0.29, 0.717) is 10.8 Å². The SMILES string of the molecule is CC(C)CCCCC1CCC2C3CC=C4CC(N=O)CCC4(C)C3CCC12C. The highest BCUT2D eigenvalue weighted by atomic mass is 16.3. The van der Waals surface area contributed by atoms with Crippen LogP contribution in [0.4, 0.5) is 0 Å². The second kappa shape index (κ2) is 7.88. The van der Waals surface area contributed by atoms with E-state index in [9.17, 15) is 4.91 Å². The minimum Gasteiger partial charge on any atom is -0.151 e. The Bertz CT molecular complexity index is 610. The van der Waals surface area contributed by atoms with E-state index in [4.69, 9.17) is 0 Å². The van der Waals surface area contributed by atoms with Crippen LogP contribution in [0.3, 0.4) is 0 Å². The average molecular weight is 386 g/mol. The molecule has 0 aliphatic heterocycles. The minimum atomic E-state index is 0.0476. The summed E-state index contributed by atoms with van der Waals surface area (Å²) < 4.78 is 0. The third kappa shape index (κ3) is 3.41. The smallest absolute Gasteiger partial charge is 0.0957 e. The first-order chi connectivity index (χ1) is 13.4. The first-order valence-corrected chi connectivity index (χ1v) is 12.4. The second-order valence-electron chi connectivity index (χ2n) is 11.8. The first kappa shape index (κ1) is 20.6. The van der Waals surface area contributed by atoms with Gasteiger partial charge in [-0.15, -0.1) is 0 Å².